The van der Waals surface area contributed by atoms with Gasteiger partial charge in [-0.15, -0.1) is 0 Å². The number of tetrazole rings is 1. The molecular formula is C14H9ClF3N5. The first-order valence-corrected chi connectivity index (χ1v) is 6.80. The SMILES string of the molecule is FC(F)(F)c1cccc(-n2nnnc2Nc2cccc(Cl)c2)c1. The Hall–Kier alpha value is -2.61. The Kier molecular flexibility index (Phi) is 3.91. The molecule has 0 atom stereocenters. The molecular weight excluding hydrogens is 331 g/mol. The number of rotatable bonds is 3. The molecule has 3 rings (SSSR count). The maximum Gasteiger partial charge on any atom is 0.416 e. The normalized spacial score (nSPS) is 11.5. The minimum Gasteiger partial charge on any atom is -0.323 e. The predicted molar refractivity (Wildman–Crippen MR) is 78.9 cm³/mol. The fourth-order valence-corrected chi connectivity index (χ4v) is 2.14. The molecule has 9 heteroatoms. The molecule has 3 aromatic rings. The molecule has 0 unspecified atom stereocenters. The summed E-state index contributed by atoms with van der Waals surface area (Å²) in [5, 5.41) is 14.4. The van der Waals surface area contributed by atoms with Crippen molar-refractivity contribution < 1.29 is 13.2 Å². The highest BCUT2D eigenvalue weighted by Gasteiger charge is 2.30. The quantitative estimate of drug-likeness (QED) is 0.781. The molecule has 0 aliphatic rings. The van der Waals surface area contributed by atoms with Crippen LogP contribution < -0.4 is 5.32 Å². The van der Waals surface area contributed by atoms with Gasteiger partial charge in [-0.05, 0) is 46.8 Å². The summed E-state index contributed by atoms with van der Waals surface area (Å²) in [5.74, 6) is 0.173. The molecule has 0 bridgehead atoms. The lowest BCUT2D eigenvalue weighted by Crippen LogP contribution is -2.08. The Morgan fingerprint density at radius 2 is 1.83 bits per heavy atom. The average molecular weight is 340 g/mol. The molecule has 2 aromatic carbocycles. The highest BCUT2D eigenvalue weighted by molar-refractivity contribution is 6.30. The van der Waals surface area contributed by atoms with E-state index < -0.39 is 11.7 Å². The smallest absolute Gasteiger partial charge is 0.323 e. The minimum atomic E-state index is -4.44. The molecule has 0 fully saturated rings. The van der Waals surface area contributed by atoms with Gasteiger partial charge in [0.15, 0.2) is 0 Å². The van der Waals surface area contributed by atoms with Crippen molar-refractivity contribution >= 4 is 23.2 Å². The van der Waals surface area contributed by atoms with Crippen molar-refractivity contribution in [3.8, 4) is 5.69 Å². The Morgan fingerprint density at radius 1 is 1.04 bits per heavy atom. The lowest BCUT2D eigenvalue weighted by atomic mass is 10.2. The topological polar surface area (TPSA) is 55.6 Å². The van der Waals surface area contributed by atoms with Gasteiger partial charge in [0.2, 0.25) is 0 Å². The van der Waals surface area contributed by atoms with Gasteiger partial charge in [-0.1, -0.05) is 28.8 Å². The van der Waals surface area contributed by atoms with Crippen LogP contribution in [0.5, 0.6) is 0 Å². The Labute approximate surface area is 133 Å². The van der Waals surface area contributed by atoms with Crippen LogP contribution in [0.4, 0.5) is 24.8 Å². The van der Waals surface area contributed by atoms with Gasteiger partial charge in [0.05, 0.1) is 11.3 Å². The fourth-order valence-electron chi connectivity index (χ4n) is 1.95. The molecule has 1 aromatic heterocycles. The lowest BCUT2D eigenvalue weighted by Gasteiger charge is -2.10. The second-order valence-corrected chi connectivity index (χ2v) is 5.03. The van der Waals surface area contributed by atoms with Gasteiger partial charge in [-0.2, -0.15) is 17.9 Å². The molecule has 0 radical (unpaired) electrons. The molecule has 0 aliphatic heterocycles. The number of benzene rings is 2. The first-order chi connectivity index (χ1) is 10.9. The number of aromatic nitrogens is 4. The third-order valence-corrected chi connectivity index (χ3v) is 3.20. The third kappa shape index (κ3) is 3.42. The maximum atomic E-state index is 12.8. The van der Waals surface area contributed by atoms with E-state index in [1.54, 1.807) is 24.3 Å². The highest BCUT2D eigenvalue weighted by atomic mass is 35.5. The van der Waals surface area contributed by atoms with Gasteiger partial charge in [0.1, 0.15) is 0 Å². The highest BCUT2D eigenvalue weighted by Crippen LogP contribution is 2.30. The second-order valence-electron chi connectivity index (χ2n) is 4.60. The van der Waals surface area contributed by atoms with Crippen molar-refractivity contribution in [3.05, 3.63) is 59.1 Å². The predicted octanol–water partition coefficient (Wildman–Crippen LogP) is 4.08. The molecule has 0 saturated heterocycles. The number of anilines is 2. The maximum absolute atomic E-state index is 12.8. The summed E-state index contributed by atoms with van der Waals surface area (Å²) >= 11 is 5.89. The summed E-state index contributed by atoms with van der Waals surface area (Å²) in [7, 11) is 0. The third-order valence-electron chi connectivity index (χ3n) is 2.97. The van der Waals surface area contributed by atoms with E-state index in [4.69, 9.17) is 11.6 Å². The zero-order valence-corrected chi connectivity index (χ0v) is 12.2. The minimum absolute atomic E-state index is 0.173. The van der Waals surface area contributed by atoms with E-state index in [9.17, 15) is 13.2 Å². The van der Waals surface area contributed by atoms with E-state index in [2.05, 4.69) is 20.8 Å². The van der Waals surface area contributed by atoms with Gasteiger partial charge in [0.25, 0.3) is 5.95 Å². The van der Waals surface area contributed by atoms with Crippen LogP contribution in [0.1, 0.15) is 5.56 Å². The van der Waals surface area contributed by atoms with E-state index >= 15 is 0 Å². The Bertz CT molecular complexity index is 831. The van der Waals surface area contributed by atoms with E-state index in [0.29, 0.717) is 10.7 Å². The van der Waals surface area contributed by atoms with Crippen molar-refractivity contribution in [3.63, 3.8) is 0 Å². The average Bonchev–Trinajstić information content (AvgIpc) is 2.95. The summed E-state index contributed by atoms with van der Waals surface area (Å²) in [4.78, 5) is 0. The van der Waals surface area contributed by atoms with Crippen LogP contribution in [-0.4, -0.2) is 20.2 Å². The van der Waals surface area contributed by atoms with Gasteiger partial charge in [-0.3, -0.25) is 0 Å². The van der Waals surface area contributed by atoms with Gasteiger partial charge >= 0.3 is 6.18 Å². The molecule has 0 spiro atoms. The standard InChI is InChI=1S/C14H9ClF3N5/c15-10-4-2-5-11(8-10)19-13-20-21-22-23(13)12-6-1-3-9(7-12)14(16,17)18/h1-8H,(H,19,20,22). The zero-order chi connectivity index (χ0) is 16.4. The van der Waals surface area contributed by atoms with Crippen LogP contribution >= 0.6 is 11.6 Å². The van der Waals surface area contributed by atoms with Crippen molar-refractivity contribution in [2.45, 2.75) is 6.18 Å². The van der Waals surface area contributed by atoms with E-state index in [1.165, 1.54) is 16.8 Å². The number of halogens is 4. The summed E-state index contributed by atoms with van der Waals surface area (Å²) < 4.78 is 39.6. The summed E-state index contributed by atoms with van der Waals surface area (Å²) in [6.45, 7) is 0. The largest absolute Gasteiger partial charge is 0.416 e. The number of hydrogen-bond donors (Lipinski definition) is 1. The van der Waals surface area contributed by atoms with E-state index in [-0.39, 0.29) is 11.6 Å². The van der Waals surface area contributed by atoms with Gasteiger partial charge in [0, 0.05) is 10.7 Å². The summed E-state index contributed by atoms with van der Waals surface area (Å²) in [5.41, 5.74) is 0.0223. The Morgan fingerprint density at radius 3 is 2.57 bits per heavy atom. The van der Waals surface area contributed by atoms with Crippen molar-refractivity contribution in [1.29, 1.82) is 0 Å². The van der Waals surface area contributed by atoms with Crippen LogP contribution in [0.3, 0.4) is 0 Å². The van der Waals surface area contributed by atoms with E-state index in [0.717, 1.165) is 12.1 Å². The van der Waals surface area contributed by atoms with Crippen molar-refractivity contribution in [1.82, 2.24) is 20.2 Å². The van der Waals surface area contributed by atoms with Crippen LogP contribution in [-0.2, 0) is 6.18 Å². The number of nitrogens with one attached hydrogen (secondary N) is 1. The van der Waals surface area contributed by atoms with Crippen LogP contribution in [0.25, 0.3) is 5.69 Å². The monoisotopic (exact) mass is 339 g/mol. The summed E-state index contributed by atoms with van der Waals surface area (Å²) in [6.07, 6.45) is -4.44. The molecule has 1 N–H and O–H groups in total. The first-order valence-electron chi connectivity index (χ1n) is 6.42. The second kappa shape index (κ2) is 5.88. The van der Waals surface area contributed by atoms with Crippen molar-refractivity contribution in [2.24, 2.45) is 0 Å². The molecule has 1 heterocycles. The first kappa shape index (κ1) is 15.3. The van der Waals surface area contributed by atoms with Crippen molar-refractivity contribution in [2.75, 3.05) is 5.32 Å². The van der Waals surface area contributed by atoms with Crippen LogP contribution in [0.2, 0.25) is 5.02 Å². The number of nitrogens with zero attached hydrogens (tertiary/aromatic N) is 4. The van der Waals surface area contributed by atoms with Gasteiger partial charge in [-0.25, -0.2) is 0 Å². The molecule has 0 aliphatic carbocycles. The Balaban J connectivity index is 1.95. The molecule has 23 heavy (non-hydrogen) atoms. The van der Waals surface area contributed by atoms with E-state index in [1.807, 2.05) is 0 Å². The van der Waals surface area contributed by atoms with Gasteiger partial charge < -0.3 is 5.32 Å². The molecule has 118 valence electrons. The number of alkyl halides is 3. The fraction of sp³-hybridized carbons (Fsp3) is 0.0714. The molecule has 0 saturated carbocycles. The zero-order valence-electron chi connectivity index (χ0n) is 11.4. The molecule has 0 amide bonds. The van der Waals surface area contributed by atoms with Crippen LogP contribution in [0, 0.1) is 0 Å². The lowest BCUT2D eigenvalue weighted by molar-refractivity contribution is -0.137. The number of hydrogen-bond acceptors (Lipinski definition) is 4. The molecule has 5 nitrogen and oxygen atoms in total. The summed E-state index contributed by atoms with van der Waals surface area (Å²) in [6, 6.07) is 11.5. The van der Waals surface area contributed by atoms with Crippen LogP contribution in [0.15, 0.2) is 48.5 Å².